The third-order valence-corrected chi connectivity index (χ3v) is 5.70. The maximum atomic E-state index is 13.5. The maximum absolute atomic E-state index is 13.5. The molecule has 0 aliphatic carbocycles. The van der Waals surface area contributed by atoms with Gasteiger partial charge in [-0.1, -0.05) is 6.07 Å². The molecule has 1 saturated heterocycles. The van der Waals surface area contributed by atoms with Crippen LogP contribution in [0.3, 0.4) is 0 Å². The van der Waals surface area contributed by atoms with E-state index in [1.54, 1.807) is 6.07 Å². The van der Waals surface area contributed by atoms with E-state index in [1.165, 1.54) is 55.0 Å². The van der Waals surface area contributed by atoms with Gasteiger partial charge in [0.2, 0.25) is 0 Å². The summed E-state index contributed by atoms with van der Waals surface area (Å²) in [6, 6.07) is 4.51. The lowest BCUT2D eigenvalue weighted by Crippen LogP contribution is -2.32. The van der Waals surface area contributed by atoms with E-state index >= 15 is 0 Å². The van der Waals surface area contributed by atoms with Crippen LogP contribution in [0, 0.1) is 11.6 Å². The first-order chi connectivity index (χ1) is 15.8. The molecule has 2 N–H and O–H groups in total. The monoisotopic (exact) mass is 466 g/mol. The number of fused-ring (bicyclic) bond motifs is 1. The van der Waals surface area contributed by atoms with Crippen molar-refractivity contribution in [3.05, 3.63) is 52.3 Å². The zero-order chi connectivity index (χ0) is 24.4. The van der Waals surface area contributed by atoms with Crippen molar-refractivity contribution in [1.82, 2.24) is 19.6 Å². The first-order valence-electron chi connectivity index (χ1n) is 11.0. The number of carboxylic acid groups (broad SMARTS) is 2. The molecule has 0 spiro atoms. The first kappa shape index (κ1) is 26.4. The number of hydrogen-bond donors (Lipinski definition) is 2. The lowest BCUT2D eigenvalue weighted by Gasteiger charge is -2.28. The zero-order valence-corrected chi connectivity index (χ0v) is 19.1. The summed E-state index contributed by atoms with van der Waals surface area (Å²) >= 11 is 0. The van der Waals surface area contributed by atoms with Crippen LogP contribution in [0.2, 0.25) is 0 Å². The van der Waals surface area contributed by atoms with Crippen molar-refractivity contribution in [3.63, 3.8) is 0 Å². The lowest BCUT2D eigenvalue weighted by molar-refractivity contribution is -0.123. The highest BCUT2D eigenvalue weighted by atomic mass is 19.2. The summed E-state index contributed by atoms with van der Waals surface area (Å²) in [7, 11) is 0. The van der Waals surface area contributed by atoms with Crippen LogP contribution < -0.4 is 0 Å². The maximum Gasteiger partial charge on any atom is 0.290 e. The second-order valence-electron chi connectivity index (χ2n) is 8.31. The molecule has 0 bridgehead atoms. The van der Waals surface area contributed by atoms with Crippen LogP contribution in [-0.2, 0) is 35.6 Å². The number of rotatable bonds is 5. The normalized spacial score (nSPS) is 15.8. The third kappa shape index (κ3) is 7.33. The molecule has 10 heteroatoms. The van der Waals surface area contributed by atoms with Gasteiger partial charge in [0, 0.05) is 37.8 Å². The first-order valence-corrected chi connectivity index (χ1v) is 11.0. The van der Waals surface area contributed by atoms with E-state index in [9.17, 15) is 8.78 Å². The van der Waals surface area contributed by atoms with Crippen LogP contribution >= 0.6 is 0 Å². The second-order valence-corrected chi connectivity index (χ2v) is 8.31. The number of nitrogens with zero attached hydrogens (tertiary/aromatic N) is 4. The Morgan fingerprint density at radius 3 is 2.21 bits per heavy atom. The fourth-order valence-corrected chi connectivity index (χ4v) is 4.31. The second kappa shape index (κ2) is 13.0. The summed E-state index contributed by atoms with van der Waals surface area (Å²) in [5.74, 6) is -1.56. The molecule has 1 fully saturated rings. The largest absolute Gasteiger partial charge is 0.483 e. The van der Waals surface area contributed by atoms with E-state index in [4.69, 9.17) is 24.9 Å². The molecule has 1 aromatic carbocycles. The molecule has 8 nitrogen and oxygen atoms in total. The number of benzene rings is 1. The van der Waals surface area contributed by atoms with E-state index in [1.807, 2.05) is 0 Å². The van der Waals surface area contributed by atoms with E-state index < -0.39 is 11.6 Å². The smallest absolute Gasteiger partial charge is 0.290 e. The highest BCUT2D eigenvalue weighted by Crippen LogP contribution is 2.28. The van der Waals surface area contributed by atoms with Gasteiger partial charge in [0.05, 0.1) is 11.4 Å². The summed E-state index contributed by atoms with van der Waals surface area (Å²) in [6.07, 6.45) is 3.54. The Morgan fingerprint density at radius 1 is 1.00 bits per heavy atom. The molecule has 2 aromatic rings. The number of carbonyl (C=O) groups is 2. The molecule has 2 aliphatic heterocycles. The minimum atomic E-state index is -0.788. The predicted octanol–water partition coefficient (Wildman–Crippen LogP) is 3.30. The van der Waals surface area contributed by atoms with Gasteiger partial charge in [-0.05, 0) is 63.9 Å². The molecule has 182 valence electrons. The number of likely N-dealkylation sites (tertiary alicyclic amines) is 1. The SMILES string of the molecule is CC(C)n1nc(CN2CCCC2)c2c1CN(Cc1ccc(F)c(F)c1)CC2.O=CO.O=CO. The number of aromatic nitrogens is 2. The summed E-state index contributed by atoms with van der Waals surface area (Å²) in [4.78, 5) is 21.5. The molecule has 33 heavy (non-hydrogen) atoms. The van der Waals surface area contributed by atoms with Gasteiger partial charge < -0.3 is 10.2 Å². The molecule has 4 rings (SSSR count). The summed E-state index contributed by atoms with van der Waals surface area (Å²) in [5.41, 5.74) is 4.73. The third-order valence-electron chi connectivity index (χ3n) is 5.70. The van der Waals surface area contributed by atoms with Gasteiger partial charge in [-0.15, -0.1) is 0 Å². The van der Waals surface area contributed by atoms with Gasteiger partial charge in [0.25, 0.3) is 12.9 Å². The van der Waals surface area contributed by atoms with Crippen molar-refractivity contribution < 1.29 is 28.6 Å². The van der Waals surface area contributed by atoms with Crippen LogP contribution in [0.1, 0.15) is 55.2 Å². The molecule has 0 unspecified atom stereocenters. The van der Waals surface area contributed by atoms with Gasteiger partial charge in [-0.2, -0.15) is 5.10 Å². The Balaban J connectivity index is 0.000000582. The van der Waals surface area contributed by atoms with Gasteiger partial charge in [-0.25, -0.2) is 8.78 Å². The van der Waals surface area contributed by atoms with E-state index in [-0.39, 0.29) is 12.9 Å². The molecule has 0 amide bonds. The fourth-order valence-electron chi connectivity index (χ4n) is 4.31. The minimum Gasteiger partial charge on any atom is -0.483 e. The van der Waals surface area contributed by atoms with Crippen LogP contribution in [0.4, 0.5) is 8.78 Å². The van der Waals surface area contributed by atoms with Gasteiger partial charge in [0.15, 0.2) is 11.6 Å². The Labute approximate surface area is 192 Å². The summed E-state index contributed by atoms with van der Waals surface area (Å²) in [5, 5.41) is 18.7. The van der Waals surface area contributed by atoms with Crippen molar-refractivity contribution in [2.75, 3.05) is 19.6 Å². The van der Waals surface area contributed by atoms with E-state index in [0.29, 0.717) is 12.6 Å². The van der Waals surface area contributed by atoms with Crippen molar-refractivity contribution in [1.29, 1.82) is 0 Å². The predicted molar refractivity (Wildman–Crippen MR) is 119 cm³/mol. The summed E-state index contributed by atoms with van der Waals surface area (Å²) in [6.45, 7) is 9.48. The fraction of sp³-hybridized carbons (Fsp3) is 0.522. The highest BCUT2D eigenvalue weighted by Gasteiger charge is 2.27. The van der Waals surface area contributed by atoms with Crippen LogP contribution in [0.25, 0.3) is 0 Å². The molecular weight excluding hydrogens is 434 g/mol. The van der Waals surface area contributed by atoms with Crippen molar-refractivity contribution in [2.24, 2.45) is 0 Å². The van der Waals surface area contributed by atoms with E-state index in [0.717, 1.165) is 31.6 Å². The lowest BCUT2D eigenvalue weighted by atomic mass is 10.0. The summed E-state index contributed by atoms with van der Waals surface area (Å²) < 4.78 is 28.9. The Bertz CT molecular complexity index is 908. The molecule has 1 aromatic heterocycles. The van der Waals surface area contributed by atoms with Crippen molar-refractivity contribution in [2.45, 2.75) is 58.8 Å². The average molecular weight is 467 g/mol. The van der Waals surface area contributed by atoms with Crippen molar-refractivity contribution in [3.8, 4) is 0 Å². The van der Waals surface area contributed by atoms with Crippen LogP contribution in [0.5, 0.6) is 0 Å². The van der Waals surface area contributed by atoms with Crippen LogP contribution in [0.15, 0.2) is 18.2 Å². The van der Waals surface area contributed by atoms with Crippen LogP contribution in [-0.4, -0.2) is 62.4 Å². The standard InChI is InChI=1S/C21H28F2N4.2CH2O2/c1-15(2)27-21-14-26(12-16-5-6-18(22)19(23)11-16)10-7-17(21)20(24-27)13-25-8-3-4-9-25;2*2-1-3/h5-6,11,15H,3-4,7-10,12-14H2,1-2H3;2*1H,(H,2,3). The van der Waals surface area contributed by atoms with Gasteiger partial charge in [-0.3, -0.25) is 24.1 Å². The molecule has 0 saturated carbocycles. The van der Waals surface area contributed by atoms with Gasteiger partial charge >= 0.3 is 0 Å². The van der Waals surface area contributed by atoms with Crippen molar-refractivity contribution >= 4 is 12.9 Å². The number of hydrogen-bond acceptors (Lipinski definition) is 5. The molecule has 3 heterocycles. The van der Waals surface area contributed by atoms with Gasteiger partial charge in [0.1, 0.15) is 0 Å². The highest BCUT2D eigenvalue weighted by molar-refractivity contribution is 5.33. The number of halogens is 2. The van der Waals surface area contributed by atoms with E-state index in [2.05, 4.69) is 28.3 Å². The average Bonchev–Trinajstić information content (AvgIpc) is 3.40. The molecule has 0 atom stereocenters. The minimum absolute atomic E-state index is 0.250. The Morgan fingerprint density at radius 2 is 1.64 bits per heavy atom. The molecule has 2 aliphatic rings. The molecular formula is C23H32F2N4O4. The Kier molecular flexibility index (Phi) is 10.4. The topological polar surface area (TPSA) is 98.9 Å². The zero-order valence-electron chi connectivity index (χ0n) is 19.1. The Hall–Kier alpha value is -2.85. The quantitative estimate of drug-likeness (QED) is 0.653. The molecule has 0 radical (unpaired) electrons.